The van der Waals surface area contributed by atoms with E-state index < -0.39 is 0 Å². The van der Waals surface area contributed by atoms with E-state index in [0.29, 0.717) is 0 Å². The number of aryl methyl sites for hydroxylation is 2. The molecule has 0 bridgehead atoms. The first-order chi connectivity index (χ1) is 6.56. The molecule has 0 atom stereocenters. The molecule has 1 aromatic heterocycles. The largest absolute Gasteiger partial charge is 0.469 e. The maximum absolute atomic E-state index is 5.11. The van der Waals surface area contributed by atoms with Crippen LogP contribution in [0.1, 0.15) is 39.0 Å². The molecule has 0 fully saturated rings. The molecule has 0 saturated carbocycles. The van der Waals surface area contributed by atoms with Crippen LogP contribution >= 0.6 is 0 Å². The van der Waals surface area contributed by atoms with Crippen LogP contribution in [0, 0.1) is 12.8 Å². The first-order valence-corrected chi connectivity index (χ1v) is 5.10. The highest BCUT2D eigenvalue weighted by Crippen LogP contribution is 2.05. The van der Waals surface area contributed by atoms with Gasteiger partial charge in [-0.3, -0.25) is 0 Å². The quantitative estimate of drug-likeness (QED) is 0.597. The Morgan fingerprint density at radius 1 is 1.29 bits per heavy atom. The van der Waals surface area contributed by atoms with Gasteiger partial charge in [-0.1, -0.05) is 27.7 Å². The highest BCUT2D eigenvalue weighted by Gasteiger charge is 1.91. The predicted octanol–water partition coefficient (Wildman–Crippen LogP) is 4.61. The van der Waals surface area contributed by atoms with Gasteiger partial charge in [-0.25, -0.2) is 0 Å². The van der Waals surface area contributed by atoms with Crippen LogP contribution in [0.3, 0.4) is 0 Å². The molecular weight excluding hydrogens is 172 g/mol. The Morgan fingerprint density at radius 2 is 1.71 bits per heavy atom. The Labute approximate surface area is 88.8 Å². The van der Waals surface area contributed by atoms with Gasteiger partial charge in [0.05, 0.1) is 6.26 Å². The molecule has 0 spiro atoms. The Balaban J connectivity index is 0. The van der Waals surface area contributed by atoms with Crippen molar-refractivity contribution in [3.05, 3.63) is 36.8 Å². The Morgan fingerprint density at radius 3 is 1.86 bits per heavy atom. The molecule has 82 valence electrons. The third kappa shape index (κ3) is 11.0. The summed E-state index contributed by atoms with van der Waals surface area (Å²) in [7, 11) is 0. The van der Waals surface area contributed by atoms with E-state index in [1.54, 1.807) is 6.26 Å². The van der Waals surface area contributed by atoms with E-state index in [0.717, 1.165) is 18.1 Å². The standard InChI is InChI=1S/C7H10O.C4H10.C2H4/c1-3-7-4-6(2)5-8-7;1-4(2)3;1-2/h4-5H,3H2,1-2H3;4H,1-3H3;1-2H2. The maximum Gasteiger partial charge on any atom is 0.103 e. The van der Waals surface area contributed by atoms with E-state index in [1.807, 2.05) is 6.92 Å². The fourth-order valence-corrected chi connectivity index (χ4v) is 0.676. The summed E-state index contributed by atoms with van der Waals surface area (Å²) in [5, 5.41) is 0. The molecule has 0 aliphatic heterocycles. The van der Waals surface area contributed by atoms with Crippen molar-refractivity contribution in [3.8, 4) is 0 Å². The van der Waals surface area contributed by atoms with Gasteiger partial charge in [0.2, 0.25) is 0 Å². The number of furan rings is 1. The lowest BCUT2D eigenvalue weighted by Gasteiger charge is -1.79. The van der Waals surface area contributed by atoms with Gasteiger partial charge >= 0.3 is 0 Å². The van der Waals surface area contributed by atoms with Crippen LogP contribution in [-0.4, -0.2) is 0 Å². The fourth-order valence-electron chi connectivity index (χ4n) is 0.676. The first-order valence-electron chi connectivity index (χ1n) is 5.10. The maximum atomic E-state index is 5.11. The highest BCUT2D eigenvalue weighted by molar-refractivity contribution is 5.09. The molecule has 1 nitrogen and oxygen atoms in total. The van der Waals surface area contributed by atoms with Crippen LogP contribution in [0.2, 0.25) is 0 Å². The summed E-state index contributed by atoms with van der Waals surface area (Å²) in [4.78, 5) is 0. The molecule has 0 saturated heterocycles. The van der Waals surface area contributed by atoms with Gasteiger partial charge in [-0.15, -0.1) is 13.2 Å². The summed E-state index contributed by atoms with van der Waals surface area (Å²) < 4.78 is 5.11. The van der Waals surface area contributed by atoms with E-state index in [2.05, 4.69) is 46.9 Å². The van der Waals surface area contributed by atoms with Crippen LogP contribution < -0.4 is 0 Å². The number of hydrogen-bond donors (Lipinski definition) is 0. The summed E-state index contributed by atoms with van der Waals surface area (Å²) in [6.07, 6.45) is 2.77. The predicted molar refractivity (Wildman–Crippen MR) is 64.6 cm³/mol. The third-order valence-corrected chi connectivity index (χ3v) is 1.13. The van der Waals surface area contributed by atoms with Crippen molar-refractivity contribution in [1.29, 1.82) is 0 Å². The summed E-state index contributed by atoms with van der Waals surface area (Å²) in [5.41, 5.74) is 1.21. The summed E-state index contributed by atoms with van der Waals surface area (Å²) in [6.45, 7) is 16.6. The molecular formula is C13H24O. The van der Waals surface area contributed by atoms with Crippen molar-refractivity contribution in [2.24, 2.45) is 5.92 Å². The zero-order valence-electron chi connectivity index (χ0n) is 10.3. The van der Waals surface area contributed by atoms with E-state index in [9.17, 15) is 0 Å². The lowest BCUT2D eigenvalue weighted by atomic mass is 10.3. The molecule has 1 heteroatoms. The average molecular weight is 196 g/mol. The van der Waals surface area contributed by atoms with Gasteiger partial charge < -0.3 is 4.42 Å². The van der Waals surface area contributed by atoms with Gasteiger partial charge in [0.1, 0.15) is 5.76 Å². The van der Waals surface area contributed by atoms with Crippen molar-refractivity contribution in [2.45, 2.75) is 41.0 Å². The highest BCUT2D eigenvalue weighted by atomic mass is 16.3. The van der Waals surface area contributed by atoms with Gasteiger partial charge in [-0.2, -0.15) is 0 Å². The van der Waals surface area contributed by atoms with Crippen molar-refractivity contribution < 1.29 is 4.42 Å². The monoisotopic (exact) mass is 196 g/mol. The molecule has 0 radical (unpaired) electrons. The smallest absolute Gasteiger partial charge is 0.103 e. The minimum Gasteiger partial charge on any atom is -0.469 e. The zero-order chi connectivity index (χ0) is 11.6. The van der Waals surface area contributed by atoms with E-state index in [4.69, 9.17) is 4.42 Å². The van der Waals surface area contributed by atoms with Crippen LogP contribution in [-0.2, 0) is 6.42 Å². The molecule has 0 amide bonds. The lowest BCUT2D eigenvalue weighted by molar-refractivity contribution is 0.515. The van der Waals surface area contributed by atoms with Gasteiger partial charge in [0, 0.05) is 6.42 Å². The molecule has 1 heterocycles. The summed E-state index contributed by atoms with van der Waals surface area (Å²) >= 11 is 0. The minimum atomic E-state index is 0.833. The van der Waals surface area contributed by atoms with Crippen LogP contribution in [0.5, 0.6) is 0 Å². The van der Waals surface area contributed by atoms with E-state index in [1.165, 1.54) is 5.56 Å². The second kappa shape index (κ2) is 10.1. The second-order valence-corrected chi connectivity index (χ2v) is 3.68. The van der Waals surface area contributed by atoms with Gasteiger partial charge in [0.25, 0.3) is 0 Å². The SMILES string of the molecule is C=C.CC(C)C.CCc1cc(C)co1. The van der Waals surface area contributed by atoms with Crippen molar-refractivity contribution in [2.75, 3.05) is 0 Å². The van der Waals surface area contributed by atoms with Crippen LogP contribution in [0.15, 0.2) is 29.9 Å². The van der Waals surface area contributed by atoms with Crippen molar-refractivity contribution in [1.82, 2.24) is 0 Å². The van der Waals surface area contributed by atoms with Gasteiger partial charge in [-0.05, 0) is 24.5 Å². The molecule has 0 N–H and O–H groups in total. The first kappa shape index (κ1) is 15.5. The summed E-state index contributed by atoms with van der Waals surface area (Å²) in [6, 6.07) is 2.06. The molecule has 1 aromatic rings. The minimum absolute atomic E-state index is 0.833. The zero-order valence-corrected chi connectivity index (χ0v) is 10.3. The van der Waals surface area contributed by atoms with Gasteiger partial charge in [0.15, 0.2) is 0 Å². The molecule has 0 aromatic carbocycles. The number of rotatable bonds is 1. The van der Waals surface area contributed by atoms with E-state index in [-0.39, 0.29) is 0 Å². The Kier molecular flexibility index (Phi) is 11.2. The topological polar surface area (TPSA) is 13.1 Å². The van der Waals surface area contributed by atoms with Crippen LogP contribution in [0.4, 0.5) is 0 Å². The van der Waals surface area contributed by atoms with Crippen LogP contribution in [0.25, 0.3) is 0 Å². The normalized spacial score (nSPS) is 8.43. The van der Waals surface area contributed by atoms with Crippen molar-refractivity contribution in [3.63, 3.8) is 0 Å². The van der Waals surface area contributed by atoms with E-state index >= 15 is 0 Å². The molecule has 14 heavy (non-hydrogen) atoms. The molecule has 1 rings (SSSR count). The third-order valence-electron chi connectivity index (χ3n) is 1.13. The Bertz CT molecular complexity index is 208. The molecule has 0 aliphatic carbocycles. The molecule has 0 aliphatic rings. The Hall–Kier alpha value is -0.980. The summed E-state index contributed by atoms with van der Waals surface area (Å²) in [5.74, 6) is 1.91. The average Bonchev–Trinajstić information content (AvgIpc) is 2.54. The molecule has 0 unspecified atom stereocenters. The fraction of sp³-hybridized carbons (Fsp3) is 0.538. The lowest BCUT2D eigenvalue weighted by Crippen LogP contribution is -1.67. The van der Waals surface area contributed by atoms with Crippen molar-refractivity contribution >= 4 is 0 Å². The number of hydrogen-bond acceptors (Lipinski definition) is 1. The second-order valence-electron chi connectivity index (χ2n) is 3.68.